The molecule has 0 bridgehead atoms. The molecule has 4 nitrogen and oxygen atoms in total. The van der Waals surface area contributed by atoms with Gasteiger partial charge in [0.15, 0.2) is 0 Å². The highest BCUT2D eigenvalue weighted by Gasteiger charge is 2.06. The zero-order valence-corrected chi connectivity index (χ0v) is 11.6. The summed E-state index contributed by atoms with van der Waals surface area (Å²) in [6.07, 6.45) is 2.15. The van der Waals surface area contributed by atoms with Crippen LogP contribution in [0.2, 0.25) is 0 Å². The first-order valence-electron chi connectivity index (χ1n) is 6.59. The molecule has 1 N–H and O–H groups in total. The Bertz CT molecular complexity index is 412. The molecule has 1 aromatic rings. The highest BCUT2D eigenvalue weighted by atomic mass is 16.5. The minimum absolute atomic E-state index is 0.156. The van der Waals surface area contributed by atoms with Gasteiger partial charge in [0, 0.05) is 12.2 Å². The second kappa shape index (κ2) is 8.29. The predicted molar refractivity (Wildman–Crippen MR) is 74.9 cm³/mol. The summed E-state index contributed by atoms with van der Waals surface area (Å²) >= 11 is 0. The van der Waals surface area contributed by atoms with Gasteiger partial charge in [-0.2, -0.15) is 0 Å². The van der Waals surface area contributed by atoms with Crippen LogP contribution in [0.1, 0.15) is 38.7 Å². The van der Waals surface area contributed by atoms with Crippen molar-refractivity contribution in [1.82, 2.24) is 0 Å². The molecule has 0 fully saturated rings. The molecule has 0 spiro atoms. The zero-order valence-electron chi connectivity index (χ0n) is 11.6. The third-order valence-electron chi connectivity index (χ3n) is 2.61. The molecule has 0 aliphatic heterocycles. The molecule has 104 valence electrons. The Balaban J connectivity index is 2.35. The number of hydrogen-bond donors (Lipinski definition) is 1. The predicted octanol–water partition coefficient (Wildman–Crippen LogP) is 2.92. The quantitative estimate of drug-likeness (QED) is 0.445. The van der Waals surface area contributed by atoms with Gasteiger partial charge in [0.2, 0.25) is 0 Å². The molecule has 0 amide bonds. The lowest BCUT2D eigenvalue weighted by atomic mass is 10.2. The van der Waals surface area contributed by atoms with E-state index < -0.39 is 5.97 Å². The minimum atomic E-state index is -0.474. The maximum Gasteiger partial charge on any atom is 0.313 e. The fourth-order valence-electron chi connectivity index (χ4n) is 1.55. The molecule has 0 unspecified atom stereocenters. The molecule has 19 heavy (non-hydrogen) atoms. The van der Waals surface area contributed by atoms with Gasteiger partial charge in [0.1, 0.15) is 18.8 Å². The van der Waals surface area contributed by atoms with Crippen LogP contribution in [-0.4, -0.2) is 18.3 Å². The monoisotopic (exact) mass is 263 g/mol. The number of benzene rings is 1. The Morgan fingerprint density at radius 3 is 2.47 bits per heavy atom. The van der Waals surface area contributed by atoms with E-state index in [2.05, 4.69) is 12.2 Å². The third-order valence-corrected chi connectivity index (χ3v) is 2.61. The number of carbonyl (C=O) groups excluding carboxylic acids is 2. The first-order valence-corrected chi connectivity index (χ1v) is 6.59. The van der Waals surface area contributed by atoms with E-state index in [0.717, 1.165) is 30.6 Å². The van der Waals surface area contributed by atoms with Gasteiger partial charge in [-0.3, -0.25) is 9.59 Å². The molecule has 1 aromatic carbocycles. The number of rotatable bonds is 8. The van der Waals surface area contributed by atoms with Crippen LogP contribution in [0.4, 0.5) is 5.69 Å². The van der Waals surface area contributed by atoms with Crippen molar-refractivity contribution in [2.75, 3.05) is 11.9 Å². The number of nitrogens with one attached hydrogen (secondary N) is 1. The molecule has 4 heteroatoms. The smallest absolute Gasteiger partial charge is 0.313 e. The number of ketones is 1. The van der Waals surface area contributed by atoms with Crippen molar-refractivity contribution in [2.45, 2.75) is 39.7 Å². The number of anilines is 1. The molecule has 0 atom stereocenters. The van der Waals surface area contributed by atoms with E-state index in [1.807, 2.05) is 24.3 Å². The second-order valence-corrected chi connectivity index (χ2v) is 4.52. The molecular formula is C15H21NO3. The molecule has 0 saturated carbocycles. The summed E-state index contributed by atoms with van der Waals surface area (Å²) in [5.41, 5.74) is 1.98. The van der Waals surface area contributed by atoms with Crippen LogP contribution >= 0.6 is 0 Å². The number of unbranched alkanes of at least 4 members (excludes halogenated alkanes) is 1. The average molecular weight is 263 g/mol. The largest absolute Gasteiger partial charge is 0.460 e. The molecule has 1 rings (SSSR count). The lowest BCUT2D eigenvalue weighted by Gasteiger charge is -2.07. The fourth-order valence-corrected chi connectivity index (χ4v) is 1.55. The molecule has 0 aliphatic carbocycles. The molecule has 0 radical (unpaired) electrons. The molecule has 0 saturated heterocycles. The van der Waals surface area contributed by atoms with E-state index in [1.54, 1.807) is 0 Å². The van der Waals surface area contributed by atoms with E-state index in [-0.39, 0.29) is 18.8 Å². The van der Waals surface area contributed by atoms with Crippen molar-refractivity contribution >= 4 is 17.4 Å². The first-order chi connectivity index (χ1) is 9.11. The van der Waals surface area contributed by atoms with Crippen molar-refractivity contribution in [3.63, 3.8) is 0 Å². The number of hydrogen-bond acceptors (Lipinski definition) is 4. The number of carbonyl (C=O) groups is 2. The van der Waals surface area contributed by atoms with Crippen LogP contribution in [0.5, 0.6) is 0 Å². The highest BCUT2D eigenvalue weighted by molar-refractivity contribution is 5.94. The van der Waals surface area contributed by atoms with Crippen molar-refractivity contribution < 1.29 is 14.3 Å². The Labute approximate surface area is 114 Å². The lowest BCUT2D eigenvalue weighted by Crippen LogP contribution is -2.08. The Kier molecular flexibility index (Phi) is 6.64. The van der Waals surface area contributed by atoms with Crippen molar-refractivity contribution in [1.29, 1.82) is 0 Å². The SMILES string of the molecule is CCCCNc1ccc(COC(=O)CC(C)=O)cc1. The lowest BCUT2D eigenvalue weighted by molar-refractivity contribution is -0.146. The van der Waals surface area contributed by atoms with Crippen LogP contribution in [0.3, 0.4) is 0 Å². The maximum atomic E-state index is 11.2. The van der Waals surface area contributed by atoms with E-state index in [4.69, 9.17) is 4.74 Å². The van der Waals surface area contributed by atoms with Gasteiger partial charge in [0.25, 0.3) is 0 Å². The van der Waals surface area contributed by atoms with Crippen LogP contribution in [0.15, 0.2) is 24.3 Å². The van der Waals surface area contributed by atoms with Gasteiger partial charge in [-0.25, -0.2) is 0 Å². The zero-order chi connectivity index (χ0) is 14.1. The summed E-state index contributed by atoms with van der Waals surface area (Å²) in [5.74, 6) is -0.655. The van der Waals surface area contributed by atoms with Crippen molar-refractivity contribution in [2.24, 2.45) is 0 Å². The molecular weight excluding hydrogens is 242 g/mol. The van der Waals surface area contributed by atoms with E-state index in [0.29, 0.717) is 0 Å². The summed E-state index contributed by atoms with van der Waals surface area (Å²) in [6.45, 7) is 4.70. The first kappa shape index (κ1) is 15.2. The summed E-state index contributed by atoms with van der Waals surface area (Å²) in [6, 6.07) is 7.75. The van der Waals surface area contributed by atoms with Gasteiger partial charge >= 0.3 is 5.97 Å². The standard InChI is InChI=1S/C15H21NO3/c1-3-4-9-16-14-7-5-13(6-8-14)11-19-15(18)10-12(2)17/h5-8,16H,3-4,9-11H2,1-2H3. The molecule has 0 heterocycles. The van der Waals surface area contributed by atoms with E-state index in [9.17, 15) is 9.59 Å². The van der Waals surface area contributed by atoms with Gasteiger partial charge in [-0.1, -0.05) is 25.5 Å². The Morgan fingerprint density at radius 2 is 1.89 bits per heavy atom. The van der Waals surface area contributed by atoms with Gasteiger partial charge in [0.05, 0.1) is 0 Å². The normalized spacial score (nSPS) is 10.0. The second-order valence-electron chi connectivity index (χ2n) is 4.52. The van der Waals surface area contributed by atoms with Gasteiger partial charge < -0.3 is 10.1 Å². The Morgan fingerprint density at radius 1 is 1.21 bits per heavy atom. The molecule has 0 aliphatic rings. The maximum absolute atomic E-state index is 11.2. The molecule has 0 aromatic heterocycles. The number of esters is 1. The van der Waals surface area contributed by atoms with E-state index >= 15 is 0 Å². The number of Topliss-reactive ketones (excluding diaryl/α,β-unsaturated/α-hetero) is 1. The summed E-state index contributed by atoms with van der Waals surface area (Å²) in [5, 5.41) is 3.31. The van der Waals surface area contributed by atoms with Crippen LogP contribution in [-0.2, 0) is 20.9 Å². The van der Waals surface area contributed by atoms with Crippen LogP contribution in [0.25, 0.3) is 0 Å². The highest BCUT2D eigenvalue weighted by Crippen LogP contribution is 2.11. The third kappa shape index (κ3) is 6.60. The fraction of sp³-hybridized carbons (Fsp3) is 0.467. The van der Waals surface area contributed by atoms with Gasteiger partial charge in [-0.05, 0) is 31.0 Å². The van der Waals surface area contributed by atoms with Crippen molar-refractivity contribution in [3.05, 3.63) is 29.8 Å². The van der Waals surface area contributed by atoms with Gasteiger partial charge in [-0.15, -0.1) is 0 Å². The summed E-state index contributed by atoms with van der Waals surface area (Å²) in [7, 11) is 0. The minimum Gasteiger partial charge on any atom is -0.460 e. The topological polar surface area (TPSA) is 55.4 Å². The van der Waals surface area contributed by atoms with E-state index in [1.165, 1.54) is 6.92 Å². The Hall–Kier alpha value is -1.84. The summed E-state index contributed by atoms with van der Waals surface area (Å²) < 4.78 is 5.00. The van der Waals surface area contributed by atoms with Crippen molar-refractivity contribution in [3.8, 4) is 0 Å². The van der Waals surface area contributed by atoms with Crippen LogP contribution < -0.4 is 5.32 Å². The van der Waals surface area contributed by atoms with Crippen LogP contribution in [0, 0.1) is 0 Å². The average Bonchev–Trinajstić information content (AvgIpc) is 2.37. The number of ether oxygens (including phenoxy) is 1. The summed E-state index contributed by atoms with van der Waals surface area (Å²) in [4.78, 5) is 21.9.